The van der Waals surface area contributed by atoms with E-state index >= 15 is 0 Å². The van der Waals surface area contributed by atoms with Gasteiger partial charge in [-0.25, -0.2) is 0 Å². The van der Waals surface area contributed by atoms with Gasteiger partial charge in [-0.1, -0.05) is 23.7 Å². The van der Waals surface area contributed by atoms with Crippen LogP contribution in [0.3, 0.4) is 0 Å². The Balaban J connectivity index is 2.11. The average Bonchev–Trinajstić information content (AvgIpc) is 2.58. The zero-order valence-electron chi connectivity index (χ0n) is 9.70. The summed E-state index contributed by atoms with van der Waals surface area (Å²) < 4.78 is 0. The zero-order chi connectivity index (χ0) is 11.8. The van der Waals surface area contributed by atoms with Crippen molar-refractivity contribution in [2.45, 2.75) is 44.4 Å². The molecule has 0 amide bonds. The lowest BCUT2D eigenvalue weighted by molar-refractivity contribution is 0.131. The van der Waals surface area contributed by atoms with Gasteiger partial charge in [0.05, 0.1) is 6.10 Å². The number of halogens is 1. The molecule has 16 heavy (non-hydrogen) atoms. The Kier molecular flexibility index (Phi) is 3.24. The predicted molar refractivity (Wildman–Crippen MR) is 66.6 cm³/mol. The van der Waals surface area contributed by atoms with Gasteiger partial charge in [0.25, 0.3) is 0 Å². The first kappa shape index (κ1) is 11.9. The maximum atomic E-state index is 10.3. The van der Waals surface area contributed by atoms with Crippen LogP contribution in [0.2, 0.25) is 5.02 Å². The van der Waals surface area contributed by atoms with Gasteiger partial charge in [-0.2, -0.15) is 0 Å². The van der Waals surface area contributed by atoms with E-state index in [-0.39, 0.29) is 11.6 Å². The summed E-state index contributed by atoms with van der Waals surface area (Å²) in [6, 6.07) is 7.58. The van der Waals surface area contributed by atoms with Crippen LogP contribution in [0.4, 0.5) is 0 Å². The normalized spacial score (nSPS) is 25.6. The SMILES string of the molecule is CC1(C)CCC([C@H](O)c2cccc(Cl)c2)N1. The predicted octanol–water partition coefficient (Wildman–Crippen LogP) is 2.90. The van der Waals surface area contributed by atoms with E-state index in [1.807, 2.05) is 24.3 Å². The minimum Gasteiger partial charge on any atom is -0.387 e. The Bertz CT molecular complexity index is 378. The first-order valence-electron chi connectivity index (χ1n) is 5.69. The molecule has 1 aliphatic rings. The van der Waals surface area contributed by atoms with Gasteiger partial charge in [0.15, 0.2) is 0 Å². The Hall–Kier alpha value is -0.570. The first-order valence-corrected chi connectivity index (χ1v) is 6.07. The van der Waals surface area contributed by atoms with Crippen molar-refractivity contribution in [1.82, 2.24) is 5.32 Å². The molecule has 0 radical (unpaired) electrons. The van der Waals surface area contributed by atoms with E-state index in [4.69, 9.17) is 11.6 Å². The fourth-order valence-electron chi connectivity index (χ4n) is 2.32. The van der Waals surface area contributed by atoms with Crippen molar-refractivity contribution < 1.29 is 5.11 Å². The van der Waals surface area contributed by atoms with Crippen LogP contribution in [-0.2, 0) is 0 Å². The standard InChI is InChI=1S/C13H18ClNO/c1-13(2)7-6-11(15-13)12(16)9-4-3-5-10(14)8-9/h3-5,8,11-12,15-16H,6-7H2,1-2H3/t11?,12-/m1/s1. The third-order valence-electron chi connectivity index (χ3n) is 3.23. The van der Waals surface area contributed by atoms with E-state index in [0.717, 1.165) is 18.4 Å². The summed E-state index contributed by atoms with van der Waals surface area (Å²) in [4.78, 5) is 0. The van der Waals surface area contributed by atoms with Gasteiger partial charge < -0.3 is 10.4 Å². The minimum absolute atomic E-state index is 0.129. The van der Waals surface area contributed by atoms with Crippen molar-refractivity contribution in [3.8, 4) is 0 Å². The molecular formula is C13H18ClNO. The van der Waals surface area contributed by atoms with Gasteiger partial charge in [0.1, 0.15) is 0 Å². The molecule has 1 fully saturated rings. The minimum atomic E-state index is -0.472. The monoisotopic (exact) mass is 239 g/mol. The van der Waals surface area contributed by atoms with Crippen molar-refractivity contribution in [3.63, 3.8) is 0 Å². The van der Waals surface area contributed by atoms with Crippen LogP contribution >= 0.6 is 11.6 Å². The molecule has 2 nitrogen and oxygen atoms in total. The Morgan fingerprint density at radius 2 is 2.25 bits per heavy atom. The van der Waals surface area contributed by atoms with E-state index in [1.165, 1.54) is 0 Å². The largest absolute Gasteiger partial charge is 0.387 e. The molecule has 1 unspecified atom stereocenters. The lowest BCUT2D eigenvalue weighted by Crippen LogP contribution is -2.40. The second kappa shape index (κ2) is 4.36. The summed E-state index contributed by atoms with van der Waals surface area (Å²) in [5.74, 6) is 0. The van der Waals surface area contributed by atoms with Crippen LogP contribution in [0.5, 0.6) is 0 Å². The number of hydrogen-bond donors (Lipinski definition) is 2. The van der Waals surface area contributed by atoms with Crippen LogP contribution < -0.4 is 5.32 Å². The Morgan fingerprint density at radius 1 is 1.50 bits per heavy atom. The number of aliphatic hydroxyl groups excluding tert-OH is 1. The van der Waals surface area contributed by atoms with Gasteiger partial charge in [-0.3, -0.25) is 0 Å². The molecule has 0 aliphatic carbocycles. The summed E-state index contributed by atoms with van der Waals surface area (Å²) in [6.45, 7) is 4.33. The third-order valence-corrected chi connectivity index (χ3v) is 3.46. The third kappa shape index (κ3) is 2.57. The fraction of sp³-hybridized carbons (Fsp3) is 0.538. The summed E-state index contributed by atoms with van der Waals surface area (Å²) in [5, 5.41) is 14.4. The Morgan fingerprint density at radius 3 is 2.81 bits per heavy atom. The average molecular weight is 240 g/mol. The summed E-state index contributed by atoms with van der Waals surface area (Å²) >= 11 is 5.92. The van der Waals surface area contributed by atoms with Crippen molar-refractivity contribution in [2.75, 3.05) is 0 Å². The topological polar surface area (TPSA) is 32.3 Å². The summed E-state index contributed by atoms with van der Waals surface area (Å²) in [6.07, 6.45) is 1.62. The molecule has 1 aliphatic heterocycles. The van der Waals surface area contributed by atoms with Crippen LogP contribution in [0, 0.1) is 0 Å². The fourth-order valence-corrected chi connectivity index (χ4v) is 2.52. The molecule has 2 atom stereocenters. The van der Waals surface area contributed by atoms with E-state index in [1.54, 1.807) is 0 Å². The summed E-state index contributed by atoms with van der Waals surface area (Å²) in [5.41, 5.74) is 1.02. The molecule has 3 heteroatoms. The van der Waals surface area contributed by atoms with E-state index in [0.29, 0.717) is 5.02 Å². The van der Waals surface area contributed by atoms with Crippen LogP contribution in [0.25, 0.3) is 0 Å². The van der Waals surface area contributed by atoms with E-state index in [2.05, 4.69) is 19.2 Å². The smallest absolute Gasteiger partial charge is 0.0943 e. The quantitative estimate of drug-likeness (QED) is 0.832. The molecular weight excluding hydrogens is 222 g/mol. The molecule has 88 valence electrons. The summed E-state index contributed by atoms with van der Waals surface area (Å²) in [7, 11) is 0. The van der Waals surface area contributed by atoms with Crippen molar-refractivity contribution in [1.29, 1.82) is 0 Å². The van der Waals surface area contributed by atoms with Crippen LogP contribution in [0.1, 0.15) is 38.4 Å². The molecule has 0 saturated carbocycles. The number of hydrogen-bond acceptors (Lipinski definition) is 2. The molecule has 2 rings (SSSR count). The molecule has 1 saturated heterocycles. The number of rotatable bonds is 2. The molecule has 1 aromatic carbocycles. The van der Waals surface area contributed by atoms with Crippen LogP contribution in [-0.4, -0.2) is 16.7 Å². The number of benzene rings is 1. The van der Waals surface area contributed by atoms with Gasteiger partial charge in [-0.15, -0.1) is 0 Å². The molecule has 0 aromatic heterocycles. The molecule has 0 spiro atoms. The Labute approximate surface area is 102 Å². The highest BCUT2D eigenvalue weighted by atomic mass is 35.5. The van der Waals surface area contributed by atoms with Crippen molar-refractivity contribution in [2.24, 2.45) is 0 Å². The van der Waals surface area contributed by atoms with Crippen molar-refractivity contribution >= 4 is 11.6 Å². The van der Waals surface area contributed by atoms with Gasteiger partial charge >= 0.3 is 0 Å². The molecule has 0 bridgehead atoms. The number of aliphatic hydroxyl groups is 1. The lowest BCUT2D eigenvalue weighted by Gasteiger charge is -2.24. The van der Waals surface area contributed by atoms with Crippen LogP contribution in [0.15, 0.2) is 24.3 Å². The van der Waals surface area contributed by atoms with E-state index in [9.17, 15) is 5.11 Å². The second-order valence-electron chi connectivity index (χ2n) is 5.17. The molecule has 1 heterocycles. The zero-order valence-corrected chi connectivity index (χ0v) is 10.5. The number of nitrogens with one attached hydrogen (secondary N) is 1. The lowest BCUT2D eigenvalue weighted by atomic mass is 10.0. The van der Waals surface area contributed by atoms with E-state index < -0.39 is 6.10 Å². The van der Waals surface area contributed by atoms with Gasteiger partial charge in [0, 0.05) is 16.6 Å². The van der Waals surface area contributed by atoms with Gasteiger partial charge in [0.2, 0.25) is 0 Å². The first-order chi connectivity index (χ1) is 7.48. The maximum Gasteiger partial charge on any atom is 0.0943 e. The highest BCUT2D eigenvalue weighted by Gasteiger charge is 2.34. The molecule has 1 aromatic rings. The highest BCUT2D eigenvalue weighted by molar-refractivity contribution is 6.30. The van der Waals surface area contributed by atoms with Crippen molar-refractivity contribution in [3.05, 3.63) is 34.9 Å². The molecule has 2 N–H and O–H groups in total. The van der Waals surface area contributed by atoms with Gasteiger partial charge in [-0.05, 0) is 44.4 Å². The second-order valence-corrected chi connectivity index (χ2v) is 5.61. The maximum absolute atomic E-state index is 10.3. The highest BCUT2D eigenvalue weighted by Crippen LogP contribution is 2.30.